The Balaban J connectivity index is 1.68. The second kappa shape index (κ2) is 6.86. The molecule has 0 atom stereocenters. The summed E-state index contributed by atoms with van der Waals surface area (Å²) < 4.78 is 1.59. The maximum absolute atomic E-state index is 12.0. The molecule has 3 aromatic rings. The minimum atomic E-state index is -0.419. The van der Waals surface area contributed by atoms with Crippen LogP contribution in [0.2, 0.25) is 5.02 Å². The van der Waals surface area contributed by atoms with Gasteiger partial charge in [-0.2, -0.15) is 5.10 Å². The third-order valence-electron chi connectivity index (χ3n) is 3.16. The molecule has 2 amide bonds. The van der Waals surface area contributed by atoms with Gasteiger partial charge < -0.3 is 10.6 Å². The lowest BCUT2D eigenvalue weighted by molar-refractivity contribution is 0.102. The number of rotatable bonds is 4. The highest BCUT2D eigenvalue weighted by Gasteiger charge is 2.09. The molecule has 6 nitrogen and oxygen atoms in total. The predicted octanol–water partition coefficient (Wildman–Crippen LogP) is 4.43. The van der Waals surface area contributed by atoms with Crippen molar-refractivity contribution in [3.8, 4) is 5.69 Å². The van der Waals surface area contributed by atoms with Gasteiger partial charge >= 0.3 is 6.03 Å². The minimum absolute atomic E-state index is 0.0101. The van der Waals surface area contributed by atoms with Gasteiger partial charge in [-0.25, -0.2) is 9.48 Å². The lowest BCUT2D eigenvalue weighted by Crippen LogP contribution is -2.19. The van der Waals surface area contributed by atoms with E-state index in [4.69, 9.17) is 11.6 Å². The Morgan fingerprint density at radius 3 is 2.75 bits per heavy atom. The van der Waals surface area contributed by atoms with Crippen LogP contribution in [0, 0.1) is 0 Å². The Morgan fingerprint density at radius 2 is 2.04 bits per heavy atom. The van der Waals surface area contributed by atoms with Crippen molar-refractivity contribution in [3.05, 3.63) is 58.0 Å². The van der Waals surface area contributed by atoms with Crippen LogP contribution in [0.4, 0.5) is 16.2 Å². The number of benzene rings is 1. The number of Topliss-reactive ketones (excluding diaryl/α,β-unsaturated/α-hetero) is 1. The Bertz CT molecular complexity index is 903. The zero-order valence-electron chi connectivity index (χ0n) is 12.6. The first-order chi connectivity index (χ1) is 11.5. The van der Waals surface area contributed by atoms with Crippen LogP contribution < -0.4 is 10.6 Å². The molecule has 3 rings (SSSR count). The number of halogens is 1. The molecule has 2 aromatic heterocycles. The summed E-state index contributed by atoms with van der Waals surface area (Å²) in [7, 11) is 0. The number of hydrogen-bond donors (Lipinski definition) is 2. The van der Waals surface area contributed by atoms with E-state index in [1.54, 1.807) is 41.2 Å². The molecule has 2 heterocycles. The highest BCUT2D eigenvalue weighted by molar-refractivity contribution is 7.12. The van der Waals surface area contributed by atoms with Gasteiger partial charge in [-0.05, 0) is 25.1 Å². The van der Waals surface area contributed by atoms with Gasteiger partial charge in [0.2, 0.25) is 0 Å². The Labute approximate surface area is 147 Å². The zero-order chi connectivity index (χ0) is 17.1. The van der Waals surface area contributed by atoms with E-state index in [1.807, 2.05) is 5.38 Å². The Morgan fingerprint density at radius 1 is 1.25 bits per heavy atom. The van der Waals surface area contributed by atoms with Crippen LogP contribution in [-0.4, -0.2) is 21.6 Å². The van der Waals surface area contributed by atoms with Gasteiger partial charge in [0.1, 0.15) is 0 Å². The maximum atomic E-state index is 12.0. The molecule has 8 heteroatoms. The van der Waals surface area contributed by atoms with E-state index in [-0.39, 0.29) is 5.78 Å². The van der Waals surface area contributed by atoms with Crippen molar-refractivity contribution < 1.29 is 9.59 Å². The van der Waals surface area contributed by atoms with E-state index in [9.17, 15) is 9.59 Å². The summed E-state index contributed by atoms with van der Waals surface area (Å²) in [6, 6.07) is 8.30. The average molecular weight is 361 g/mol. The molecule has 1 aromatic carbocycles. The predicted molar refractivity (Wildman–Crippen MR) is 95.5 cm³/mol. The molecular weight excluding hydrogens is 348 g/mol. The molecule has 0 saturated heterocycles. The summed E-state index contributed by atoms with van der Waals surface area (Å²) in [5.41, 5.74) is 1.81. The fraction of sp³-hybridized carbons (Fsp3) is 0.0625. The Hall–Kier alpha value is -2.64. The fourth-order valence-corrected chi connectivity index (χ4v) is 2.97. The number of amides is 2. The number of nitrogens with zero attached hydrogens (tertiary/aromatic N) is 2. The van der Waals surface area contributed by atoms with Gasteiger partial charge in [-0.15, -0.1) is 11.3 Å². The molecule has 0 bridgehead atoms. The number of thiophene rings is 1. The number of ketones is 1. The first-order valence-corrected chi connectivity index (χ1v) is 8.26. The molecule has 2 N–H and O–H groups in total. The number of nitrogens with one attached hydrogen (secondary N) is 2. The third-order valence-corrected chi connectivity index (χ3v) is 4.51. The molecule has 0 aliphatic heterocycles. The van der Waals surface area contributed by atoms with Crippen molar-refractivity contribution in [1.82, 2.24) is 9.78 Å². The van der Waals surface area contributed by atoms with E-state index in [0.29, 0.717) is 21.3 Å². The van der Waals surface area contributed by atoms with Gasteiger partial charge in [0.05, 0.1) is 39.4 Å². The summed E-state index contributed by atoms with van der Waals surface area (Å²) in [6.45, 7) is 1.52. The monoisotopic (exact) mass is 360 g/mol. The summed E-state index contributed by atoms with van der Waals surface area (Å²) in [5, 5.41) is 11.8. The van der Waals surface area contributed by atoms with E-state index in [1.165, 1.54) is 24.5 Å². The van der Waals surface area contributed by atoms with Crippen molar-refractivity contribution in [3.63, 3.8) is 0 Å². The minimum Gasteiger partial charge on any atom is -0.306 e. The summed E-state index contributed by atoms with van der Waals surface area (Å²) in [6.07, 6.45) is 3.19. The highest BCUT2D eigenvalue weighted by Crippen LogP contribution is 2.22. The van der Waals surface area contributed by atoms with Crippen LogP contribution in [0.3, 0.4) is 0 Å². The molecule has 0 spiro atoms. The molecule has 122 valence electrons. The number of carbonyl (C=O) groups is 2. The zero-order valence-corrected chi connectivity index (χ0v) is 14.2. The van der Waals surface area contributed by atoms with E-state index < -0.39 is 6.03 Å². The Kier molecular flexibility index (Phi) is 4.64. The van der Waals surface area contributed by atoms with E-state index in [2.05, 4.69) is 15.7 Å². The van der Waals surface area contributed by atoms with Crippen LogP contribution in [0.25, 0.3) is 5.69 Å². The topological polar surface area (TPSA) is 76.0 Å². The molecule has 0 aliphatic carbocycles. The summed E-state index contributed by atoms with van der Waals surface area (Å²) in [4.78, 5) is 24.0. The smallest absolute Gasteiger partial charge is 0.306 e. The van der Waals surface area contributed by atoms with Crippen molar-refractivity contribution in [2.24, 2.45) is 0 Å². The third kappa shape index (κ3) is 3.64. The fourth-order valence-electron chi connectivity index (χ4n) is 2.01. The molecule has 0 saturated carbocycles. The number of anilines is 2. The summed E-state index contributed by atoms with van der Waals surface area (Å²) in [5.74, 6) is 0.0101. The van der Waals surface area contributed by atoms with Crippen LogP contribution >= 0.6 is 22.9 Å². The molecule has 24 heavy (non-hydrogen) atoms. The van der Waals surface area contributed by atoms with Crippen molar-refractivity contribution in [2.45, 2.75) is 6.92 Å². The van der Waals surface area contributed by atoms with E-state index >= 15 is 0 Å². The summed E-state index contributed by atoms with van der Waals surface area (Å²) >= 11 is 7.35. The number of urea groups is 1. The lowest BCUT2D eigenvalue weighted by Gasteiger charge is -2.07. The largest absolute Gasteiger partial charge is 0.323 e. The lowest BCUT2D eigenvalue weighted by atomic mass is 10.3. The van der Waals surface area contributed by atoms with Crippen LogP contribution in [0.15, 0.2) is 48.1 Å². The standard InChI is InChI=1S/C16H13ClN4O2S/c1-10(22)15-6-12(9-24-15)21-8-11(7-18-21)19-16(23)20-14-5-3-2-4-13(14)17/h2-9H,1H3,(H2,19,20,23). The number of hydrogen-bond acceptors (Lipinski definition) is 4. The van der Waals surface area contributed by atoms with Crippen LogP contribution in [0.1, 0.15) is 16.6 Å². The molecule has 0 aliphatic rings. The molecule has 0 radical (unpaired) electrons. The van der Waals surface area contributed by atoms with Gasteiger partial charge in [-0.1, -0.05) is 23.7 Å². The second-order valence-electron chi connectivity index (χ2n) is 4.96. The molecule has 0 unspecified atom stereocenters. The maximum Gasteiger partial charge on any atom is 0.323 e. The number of para-hydroxylation sites is 1. The van der Waals surface area contributed by atoms with Gasteiger partial charge in [0.15, 0.2) is 5.78 Å². The quantitative estimate of drug-likeness (QED) is 0.675. The van der Waals surface area contributed by atoms with Crippen LogP contribution in [-0.2, 0) is 0 Å². The normalized spacial score (nSPS) is 10.4. The first kappa shape index (κ1) is 16.2. The number of aromatic nitrogens is 2. The average Bonchev–Trinajstić information content (AvgIpc) is 3.18. The van der Waals surface area contributed by atoms with E-state index in [0.717, 1.165) is 5.69 Å². The van der Waals surface area contributed by atoms with Gasteiger partial charge in [-0.3, -0.25) is 4.79 Å². The molecule has 0 fully saturated rings. The van der Waals surface area contributed by atoms with Crippen molar-refractivity contribution >= 4 is 46.1 Å². The first-order valence-electron chi connectivity index (χ1n) is 7.00. The van der Waals surface area contributed by atoms with Gasteiger partial charge in [0, 0.05) is 5.38 Å². The van der Waals surface area contributed by atoms with Gasteiger partial charge in [0.25, 0.3) is 0 Å². The highest BCUT2D eigenvalue weighted by atomic mass is 35.5. The SMILES string of the molecule is CC(=O)c1cc(-n2cc(NC(=O)Nc3ccccc3Cl)cn2)cs1. The second-order valence-corrected chi connectivity index (χ2v) is 6.28. The van der Waals surface area contributed by atoms with Crippen molar-refractivity contribution in [1.29, 1.82) is 0 Å². The van der Waals surface area contributed by atoms with Crippen LogP contribution in [0.5, 0.6) is 0 Å². The molecular formula is C16H13ClN4O2S. The van der Waals surface area contributed by atoms with Crippen molar-refractivity contribution in [2.75, 3.05) is 10.6 Å². The number of carbonyl (C=O) groups excluding carboxylic acids is 2.